The molecule has 0 heterocycles. The molecule has 1 N–H and O–H groups in total. The average molecular weight is 306 g/mol. The molecule has 0 spiro atoms. The highest BCUT2D eigenvalue weighted by atomic mass is 35.5. The highest BCUT2D eigenvalue weighted by Crippen LogP contribution is 2.31. The van der Waals surface area contributed by atoms with Gasteiger partial charge in [-0.25, -0.2) is 0 Å². The fourth-order valence-corrected chi connectivity index (χ4v) is 3.41. The van der Waals surface area contributed by atoms with E-state index in [0.29, 0.717) is 6.04 Å². The van der Waals surface area contributed by atoms with E-state index in [1.54, 1.807) is 0 Å². The second-order valence-electron chi connectivity index (χ2n) is 4.70. The molecule has 106 valence electrons. The molecule has 3 heteroatoms. The number of thioether (sulfide) groups is 1. The zero-order chi connectivity index (χ0) is 14.4. The second kappa shape index (κ2) is 7.72. The summed E-state index contributed by atoms with van der Waals surface area (Å²) in [6, 6.07) is 17.1. The van der Waals surface area contributed by atoms with Gasteiger partial charge in [-0.05, 0) is 42.8 Å². The van der Waals surface area contributed by atoms with Crippen molar-refractivity contribution in [3.8, 4) is 0 Å². The van der Waals surface area contributed by atoms with Crippen molar-refractivity contribution in [2.75, 3.05) is 7.05 Å². The van der Waals surface area contributed by atoms with E-state index < -0.39 is 0 Å². The summed E-state index contributed by atoms with van der Waals surface area (Å²) in [5, 5.41) is 4.18. The largest absolute Gasteiger partial charge is 0.313 e. The van der Waals surface area contributed by atoms with Crippen LogP contribution in [0.5, 0.6) is 0 Å². The molecule has 2 aromatic carbocycles. The van der Waals surface area contributed by atoms with E-state index in [2.05, 4.69) is 48.6 Å². The van der Waals surface area contributed by atoms with Crippen LogP contribution in [0, 0.1) is 0 Å². The third kappa shape index (κ3) is 4.02. The van der Waals surface area contributed by atoms with E-state index in [1.807, 2.05) is 30.9 Å². The predicted molar refractivity (Wildman–Crippen MR) is 89.5 cm³/mol. The minimum atomic E-state index is 0.420. The van der Waals surface area contributed by atoms with Gasteiger partial charge >= 0.3 is 0 Å². The number of rotatable bonds is 6. The minimum absolute atomic E-state index is 0.420. The van der Waals surface area contributed by atoms with E-state index in [1.165, 1.54) is 16.0 Å². The molecule has 0 aliphatic heterocycles. The van der Waals surface area contributed by atoms with Crippen LogP contribution in [-0.4, -0.2) is 7.05 Å². The maximum Gasteiger partial charge on any atom is 0.0406 e. The Hall–Kier alpha value is -0.960. The van der Waals surface area contributed by atoms with Crippen LogP contribution in [0.4, 0.5) is 0 Å². The van der Waals surface area contributed by atoms with Crippen molar-refractivity contribution in [2.45, 2.75) is 30.0 Å². The Labute approximate surface area is 130 Å². The van der Waals surface area contributed by atoms with Gasteiger partial charge in [0.05, 0.1) is 0 Å². The summed E-state index contributed by atoms with van der Waals surface area (Å²) in [5.41, 5.74) is 2.68. The number of halogens is 1. The summed E-state index contributed by atoms with van der Waals surface area (Å²) >= 11 is 7.80. The van der Waals surface area contributed by atoms with E-state index in [9.17, 15) is 0 Å². The zero-order valence-corrected chi connectivity index (χ0v) is 13.5. The summed E-state index contributed by atoms with van der Waals surface area (Å²) in [4.78, 5) is 1.35. The number of benzene rings is 2. The van der Waals surface area contributed by atoms with Gasteiger partial charge in [0.15, 0.2) is 0 Å². The Morgan fingerprint density at radius 3 is 2.45 bits per heavy atom. The Morgan fingerprint density at radius 2 is 1.80 bits per heavy atom. The Balaban J connectivity index is 2.11. The van der Waals surface area contributed by atoms with Crippen LogP contribution < -0.4 is 5.32 Å². The first-order valence-electron chi connectivity index (χ1n) is 6.88. The van der Waals surface area contributed by atoms with Crippen molar-refractivity contribution in [3.05, 3.63) is 64.7 Å². The molecule has 1 unspecified atom stereocenters. The lowest BCUT2D eigenvalue weighted by Crippen LogP contribution is -2.15. The summed E-state index contributed by atoms with van der Waals surface area (Å²) in [6.07, 6.45) is 1.09. The zero-order valence-electron chi connectivity index (χ0n) is 11.9. The highest BCUT2D eigenvalue weighted by molar-refractivity contribution is 7.98. The van der Waals surface area contributed by atoms with Crippen LogP contribution in [0.15, 0.2) is 53.4 Å². The van der Waals surface area contributed by atoms with Crippen LogP contribution in [0.3, 0.4) is 0 Å². The third-order valence-corrected chi connectivity index (χ3v) is 4.77. The van der Waals surface area contributed by atoms with Crippen molar-refractivity contribution in [1.82, 2.24) is 5.32 Å². The van der Waals surface area contributed by atoms with Gasteiger partial charge in [0.1, 0.15) is 0 Å². The molecule has 0 aliphatic rings. The number of nitrogens with one attached hydrogen (secondary N) is 1. The smallest absolute Gasteiger partial charge is 0.0406 e. The Kier molecular flexibility index (Phi) is 5.96. The van der Waals surface area contributed by atoms with Crippen LogP contribution in [0.1, 0.15) is 30.5 Å². The predicted octanol–water partition coefficient (Wildman–Crippen LogP) is 5.30. The lowest BCUT2D eigenvalue weighted by Gasteiger charge is -2.18. The van der Waals surface area contributed by atoms with Gasteiger partial charge in [0, 0.05) is 21.7 Å². The second-order valence-corrected chi connectivity index (χ2v) is 6.16. The first-order valence-corrected chi connectivity index (χ1v) is 8.24. The lowest BCUT2D eigenvalue weighted by molar-refractivity contribution is 0.568. The van der Waals surface area contributed by atoms with Gasteiger partial charge in [-0.2, -0.15) is 0 Å². The van der Waals surface area contributed by atoms with E-state index >= 15 is 0 Å². The van der Waals surface area contributed by atoms with Gasteiger partial charge in [0.2, 0.25) is 0 Å². The molecule has 0 aromatic heterocycles. The van der Waals surface area contributed by atoms with Crippen molar-refractivity contribution < 1.29 is 0 Å². The molecular formula is C17H20ClNS. The summed E-state index contributed by atoms with van der Waals surface area (Å²) < 4.78 is 0. The van der Waals surface area contributed by atoms with Crippen LogP contribution in [-0.2, 0) is 5.75 Å². The normalized spacial score (nSPS) is 12.3. The molecule has 0 saturated carbocycles. The molecule has 1 atom stereocenters. The number of hydrogen-bond donors (Lipinski definition) is 1. The third-order valence-electron chi connectivity index (χ3n) is 3.36. The fourth-order valence-electron chi connectivity index (χ4n) is 2.22. The summed E-state index contributed by atoms with van der Waals surface area (Å²) in [7, 11) is 2.02. The molecular weight excluding hydrogens is 286 g/mol. The summed E-state index contributed by atoms with van der Waals surface area (Å²) in [6.45, 7) is 2.21. The molecule has 2 aromatic rings. The standard InChI is InChI=1S/C17H20ClNS/c1-3-16(19-2)15-6-4-5-7-17(15)20-12-13-8-10-14(18)11-9-13/h4-11,16,19H,3,12H2,1-2H3. The molecule has 20 heavy (non-hydrogen) atoms. The lowest BCUT2D eigenvalue weighted by atomic mass is 10.1. The van der Waals surface area contributed by atoms with Crippen LogP contribution >= 0.6 is 23.4 Å². The average Bonchev–Trinajstić information content (AvgIpc) is 2.49. The molecule has 0 radical (unpaired) electrons. The van der Waals surface area contributed by atoms with Gasteiger partial charge in [-0.15, -0.1) is 11.8 Å². The molecule has 2 rings (SSSR count). The van der Waals surface area contributed by atoms with Gasteiger partial charge in [-0.3, -0.25) is 0 Å². The van der Waals surface area contributed by atoms with E-state index in [4.69, 9.17) is 11.6 Å². The van der Waals surface area contributed by atoms with Crippen LogP contribution in [0.2, 0.25) is 5.02 Å². The van der Waals surface area contributed by atoms with E-state index in [-0.39, 0.29) is 0 Å². The fraction of sp³-hybridized carbons (Fsp3) is 0.294. The van der Waals surface area contributed by atoms with E-state index in [0.717, 1.165) is 17.2 Å². The topological polar surface area (TPSA) is 12.0 Å². The maximum atomic E-state index is 5.92. The van der Waals surface area contributed by atoms with Crippen LogP contribution in [0.25, 0.3) is 0 Å². The molecule has 0 amide bonds. The highest BCUT2D eigenvalue weighted by Gasteiger charge is 2.11. The van der Waals surface area contributed by atoms with Gasteiger partial charge in [0.25, 0.3) is 0 Å². The molecule has 0 fully saturated rings. The van der Waals surface area contributed by atoms with Crippen molar-refractivity contribution in [1.29, 1.82) is 0 Å². The quantitative estimate of drug-likeness (QED) is 0.727. The first-order chi connectivity index (χ1) is 9.74. The molecule has 0 saturated heterocycles. The Bertz CT molecular complexity index is 535. The first kappa shape index (κ1) is 15.4. The SMILES string of the molecule is CCC(NC)c1ccccc1SCc1ccc(Cl)cc1. The summed E-state index contributed by atoms with van der Waals surface area (Å²) in [5.74, 6) is 0.967. The van der Waals surface area contributed by atoms with Gasteiger partial charge < -0.3 is 5.32 Å². The van der Waals surface area contributed by atoms with Crippen molar-refractivity contribution >= 4 is 23.4 Å². The molecule has 0 aliphatic carbocycles. The van der Waals surface area contributed by atoms with Gasteiger partial charge in [-0.1, -0.05) is 48.9 Å². The monoisotopic (exact) mass is 305 g/mol. The molecule has 0 bridgehead atoms. The maximum absolute atomic E-state index is 5.92. The van der Waals surface area contributed by atoms with Crippen molar-refractivity contribution in [2.24, 2.45) is 0 Å². The number of hydrogen-bond acceptors (Lipinski definition) is 2. The Morgan fingerprint density at radius 1 is 1.10 bits per heavy atom. The van der Waals surface area contributed by atoms with Crippen molar-refractivity contribution in [3.63, 3.8) is 0 Å². The molecule has 1 nitrogen and oxygen atoms in total. The minimum Gasteiger partial charge on any atom is -0.313 e.